The van der Waals surface area contributed by atoms with E-state index < -0.39 is 6.03 Å². The van der Waals surface area contributed by atoms with Gasteiger partial charge in [-0.3, -0.25) is 0 Å². The third-order valence-electron chi connectivity index (χ3n) is 3.23. The minimum Gasteiger partial charge on any atom is -0.351 e. The topological polar surface area (TPSA) is 66.6 Å². The Morgan fingerprint density at radius 3 is 2.41 bits per heavy atom. The number of rotatable bonds is 1. The van der Waals surface area contributed by atoms with Crippen LogP contribution in [0.25, 0.3) is 0 Å². The van der Waals surface area contributed by atoms with Gasteiger partial charge in [0.25, 0.3) is 0 Å². The predicted octanol–water partition coefficient (Wildman–Crippen LogP) is 1.56. The third kappa shape index (κ3) is 1.73. The standard InChI is InChI=1S/C12H15N3O2/c1-8-10(9-6-4-3-5-7-9)15(11(13)16)12(17)14(8)2/h3-8,10H,1-2H3,(H2,13,16)/t8-,10-/m0/s1. The lowest BCUT2D eigenvalue weighted by Crippen LogP contribution is -2.40. The van der Waals surface area contributed by atoms with Gasteiger partial charge in [0.2, 0.25) is 0 Å². The maximum Gasteiger partial charge on any atom is 0.328 e. The first-order valence-corrected chi connectivity index (χ1v) is 5.44. The maximum atomic E-state index is 11.9. The Bertz CT molecular complexity index is 446. The summed E-state index contributed by atoms with van der Waals surface area (Å²) in [6.07, 6.45) is 0. The molecule has 2 N–H and O–H groups in total. The molecule has 2 rings (SSSR count). The van der Waals surface area contributed by atoms with E-state index >= 15 is 0 Å². The summed E-state index contributed by atoms with van der Waals surface area (Å²) in [5, 5.41) is 0. The van der Waals surface area contributed by atoms with Crippen molar-refractivity contribution < 1.29 is 9.59 Å². The molecule has 0 spiro atoms. The number of primary amides is 1. The van der Waals surface area contributed by atoms with E-state index in [1.165, 1.54) is 4.90 Å². The van der Waals surface area contributed by atoms with Crippen molar-refractivity contribution >= 4 is 12.1 Å². The second-order valence-electron chi connectivity index (χ2n) is 4.20. The minimum absolute atomic E-state index is 0.0857. The highest BCUT2D eigenvalue weighted by Crippen LogP contribution is 2.33. The number of nitrogens with zero attached hydrogens (tertiary/aromatic N) is 2. The van der Waals surface area contributed by atoms with Crippen LogP contribution >= 0.6 is 0 Å². The molecule has 1 saturated heterocycles. The molecule has 1 aliphatic heterocycles. The van der Waals surface area contributed by atoms with Gasteiger partial charge in [-0.05, 0) is 12.5 Å². The van der Waals surface area contributed by atoms with Gasteiger partial charge >= 0.3 is 12.1 Å². The SMILES string of the molecule is C[C@H]1[C@@H](c2ccccc2)N(C(N)=O)C(=O)N1C. The molecule has 5 nitrogen and oxygen atoms in total. The van der Waals surface area contributed by atoms with Crippen LogP contribution in [0.5, 0.6) is 0 Å². The van der Waals surface area contributed by atoms with Gasteiger partial charge in [0, 0.05) is 7.05 Å². The molecule has 4 amide bonds. The molecular formula is C12H15N3O2. The van der Waals surface area contributed by atoms with Gasteiger partial charge in [-0.2, -0.15) is 0 Å². The van der Waals surface area contributed by atoms with Gasteiger partial charge in [-0.25, -0.2) is 14.5 Å². The van der Waals surface area contributed by atoms with Crippen LogP contribution in [-0.4, -0.2) is 35.0 Å². The molecule has 0 saturated carbocycles. The fourth-order valence-electron chi connectivity index (χ4n) is 2.20. The largest absolute Gasteiger partial charge is 0.351 e. The first-order chi connectivity index (χ1) is 8.04. The lowest BCUT2D eigenvalue weighted by atomic mass is 10.0. The van der Waals surface area contributed by atoms with Crippen molar-refractivity contribution in [3.63, 3.8) is 0 Å². The Balaban J connectivity index is 2.43. The summed E-state index contributed by atoms with van der Waals surface area (Å²) < 4.78 is 0. The molecule has 0 bridgehead atoms. The molecular weight excluding hydrogens is 218 g/mol. The van der Waals surface area contributed by atoms with Gasteiger partial charge in [0.15, 0.2) is 0 Å². The van der Waals surface area contributed by atoms with Crippen LogP contribution in [0.15, 0.2) is 30.3 Å². The Hall–Kier alpha value is -2.04. The number of carbonyl (C=O) groups excluding carboxylic acids is 2. The van der Waals surface area contributed by atoms with Crippen molar-refractivity contribution in [2.75, 3.05) is 7.05 Å². The van der Waals surface area contributed by atoms with E-state index in [1.807, 2.05) is 37.3 Å². The first-order valence-electron chi connectivity index (χ1n) is 5.44. The lowest BCUT2D eigenvalue weighted by molar-refractivity contribution is 0.187. The summed E-state index contributed by atoms with van der Waals surface area (Å²) in [7, 11) is 1.67. The fraction of sp³-hybridized carbons (Fsp3) is 0.333. The molecule has 0 aliphatic carbocycles. The van der Waals surface area contributed by atoms with Crippen LogP contribution in [-0.2, 0) is 0 Å². The van der Waals surface area contributed by atoms with Crippen LogP contribution in [0.1, 0.15) is 18.5 Å². The van der Waals surface area contributed by atoms with Crippen molar-refractivity contribution in [2.45, 2.75) is 19.0 Å². The second kappa shape index (κ2) is 4.08. The molecule has 1 heterocycles. The average Bonchev–Trinajstić information content (AvgIpc) is 2.55. The molecule has 0 aromatic heterocycles. The van der Waals surface area contributed by atoms with Crippen molar-refractivity contribution in [2.24, 2.45) is 5.73 Å². The third-order valence-corrected chi connectivity index (χ3v) is 3.23. The highest BCUT2D eigenvalue weighted by molar-refractivity contribution is 5.95. The van der Waals surface area contributed by atoms with Crippen LogP contribution in [0.4, 0.5) is 9.59 Å². The Morgan fingerprint density at radius 1 is 1.29 bits per heavy atom. The molecule has 2 atom stereocenters. The zero-order valence-corrected chi connectivity index (χ0v) is 9.83. The van der Waals surface area contributed by atoms with Crippen molar-refractivity contribution in [1.29, 1.82) is 0 Å². The zero-order valence-electron chi connectivity index (χ0n) is 9.83. The number of likely N-dealkylation sites (N-methyl/N-ethyl adjacent to an activating group) is 1. The first kappa shape index (κ1) is 11.4. The van der Waals surface area contributed by atoms with E-state index in [4.69, 9.17) is 5.73 Å². The smallest absolute Gasteiger partial charge is 0.328 e. The van der Waals surface area contributed by atoms with Crippen LogP contribution in [0, 0.1) is 0 Å². The Morgan fingerprint density at radius 2 is 1.88 bits per heavy atom. The number of carbonyl (C=O) groups is 2. The molecule has 1 fully saturated rings. The Kier molecular flexibility index (Phi) is 2.75. The van der Waals surface area contributed by atoms with Gasteiger partial charge in [-0.1, -0.05) is 30.3 Å². The van der Waals surface area contributed by atoms with E-state index in [9.17, 15) is 9.59 Å². The minimum atomic E-state index is -0.708. The van der Waals surface area contributed by atoms with Gasteiger partial charge in [-0.15, -0.1) is 0 Å². The summed E-state index contributed by atoms with van der Waals surface area (Å²) in [5.41, 5.74) is 6.19. The summed E-state index contributed by atoms with van der Waals surface area (Å²) in [6.45, 7) is 1.90. The lowest BCUT2D eigenvalue weighted by Gasteiger charge is -2.22. The Labute approximate surface area is 99.8 Å². The molecule has 5 heteroatoms. The number of urea groups is 2. The quantitative estimate of drug-likeness (QED) is 0.799. The van der Waals surface area contributed by atoms with Crippen molar-refractivity contribution in [3.05, 3.63) is 35.9 Å². The summed E-state index contributed by atoms with van der Waals surface area (Å²) in [6, 6.07) is 7.98. The van der Waals surface area contributed by atoms with Crippen molar-refractivity contribution in [3.8, 4) is 0 Å². The number of amides is 4. The van der Waals surface area contributed by atoms with Gasteiger partial charge < -0.3 is 10.6 Å². The van der Waals surface area contributed by atoms with Gasteiger partial charge in [0.05, 0.1) is 12.1 Å². The normalized spacial score (nSPS) is 24.2. The summed E-state index contributed by atoms with van der Waals surface area (Å²) in [4.78, 5) is 25.9. The monoisotopic (exact) mass is 233 g/mol. The van der Waals surface area contributed by atoms with E-state index in [0.717, 1.165) is 10.5 Å². The zero-order chi connectivity index (χ0) is 12.6. The highest BCUT2D eigenvalue weighted by Gasteiger charge is 2.44. The molecule has 1 aromatic carbocycles. The average molecular weight is 233 g/mol. The second-order valence-corrected chi connectivity index (χ2v) is 4.20. The molecule has 0 unspecified atom stereocenters. The summed E-state index contributed by atoms with van der Waals surface area (Å²) in [5.74, 6) is 0. The van der Waals surface area contributed by atoms with Crippen LogP contribution in [0.2, 0.25) is 0 Å². The number of hydrogen-bond donors (Lipinski definition) is 1. The van der Waals surface area contributed by atoms with E-state index in [2.05, 4.69) is 0 Å². The molecule has 1 aromatic rings. The van der Waals surface area contributed by atoms with E-state index in [1.54, 1.807) is 7.05 Å². The molecule has 90 valence electrons. The predicted molar refractivity (Wildman–Crippen MR) is 63.2 cm³/mol. The van der Waals surface area contributed by atoms with Gasteiger partial charge in [0.1, 0.15) is 0 Å². The van der Waals surface area contributed by atoms with E-state index in [0.29, 0.717) is 0 Å². The van der Waals surface area contributed by atoms with Crippen molar-refractivity contribution in [1.82, 2.24) is 9.80 Å². The number of imide groups is 1. The fourth-order valence-corrected chi connectivity index (χ4v) is 2.20. The number of benzene rings is 1. The van der Waals surface area contributed by atoms with E-state index in [-0.39, 0.29) is 18.1 Å². The summed E-state index contributed by atoms with van der Waals surface area (Å²) >= 11 is 0. The highest BCUT2D eigenvalue weighted by atomic mass is 16.2. The maximum absolute atomic E-state index is 11.9. The number of nitrogens with two attached hydrogens (primary N) is 1. The van der Waals surface area contributed by atoms with Crippen LogP contribution < -0.4 is 5.73 Å². The number of hydrogen-bond acceptors (Lipinski definition) is 2. The molecule has 0 radical (unpaired) electrons. The molecule has 1 aliphatic rings. The van der Waals surface area contributed by atoms with Crippen LogP contribution in [0.3, 0.4) is 0 Å². The molecule has 17 heavy (non-hydrogen) atoms.